The number of allylic oxidation sites excluding steroid dienone is 2. The number of aliphatic hydroxyl groups is 1. The monoisotopic (exact) mass is 414 g/mol. The number of Topliss-reactive ketones (excluding diaryl/α,β-unsaturated/α-hetero) is 1. The first-order chi connectivity index (χ1) is 12.9. The van der Waals surface area contributed by atoms with E-state index in [0.29, 0.717) is 23.4 Å². The quantitative estimate of drug-likeness (QED) is 0.539. The van der Waals surface area contributed by atoms with Crippen molar-refractivity contribution in [2.75, 3.05) is 0 Å². The van der Waals surface area contributed by atoms with Gasteiger partial charge in [0.1, 0.15) is 5.78 Å². The number of carbonyl (C=O) groups is 1. The zero-order valence-electron chi connectivity index (χ0n) is 17.1. The molecule has 4 aliphatic carbocycles. The van der Waals surface area contributed by atoms with Crippen molar-refractivity contribution in [3.8, 4) is 0 Å². The first-order valence-electron chi connectivity index (χ1n) is 10.5. The van der Waals surface area contributed by atoms with Crippen molar-refractivity contribution in [1.29, 1.82) is 0 Å². The predicted octanol–water partition coefficient (Wildman–Crippen LogP) is 4.63. The molecule has 4 rings (SSSR count). The standard InChI is InChI=1S/C21H32O2.H2O4S/c1-13(22)17-8-9-18-16-7-5-14-4-6-15(23)12-21(14,3)19(16)10-11-20(17,18)2;1-5(2,3)4/h12,14,16-19,23H,4-11H2,1-3H3;(H2,1,2,3,4)/t14?,16-,17+,18-,19-,20+,21-;/m0./s1. The van der Waals surface area contributed by atoms with Gasteiger partial charge in [0, 0.05) is 12.3 Å². The lowest BCUT2D eigenvalue weighted by atomic mass is 9.46. The number of fused-ring (bicyclic) bond motifs is 5. The van der Waals surface area contributed by atoms with Gasteiger partial charge in [-0.05, 0) is 92.4 Å². The molecule has 0 aromatic rings. The van der Waals surface area contributed by atoms with E-state index in [9.17, 15) is 9.90 Å². The molecular formula is C21H34O6S. The summed E-state index contributed by atoms with van der Waals surface area (Å²) in [4.78, 5) is 12.2. The van der Waals surface area contributed by atoms with Crippen LogP contribution in [0.5, 0.6) is 0 Å². The second-order valence-corrected chi connectivity index (χ2v) is 10.8. The second kappa shape index (κ2) is 7.40. The number of rotatable bonds is 1. The summed E-state index contributed by atoms with van der Waals surface area (Å²) in [6, 6.07) is 0. The normalized spacial score (nSPS) is 44.9. The van der Waals surface area contributed by atoms with Crippen molar-refractivity contribution in [3.63, 3.8) is 0 Å². The summed E-state index contributed by atoms with van der Waals surface area (Å²) >= 11 is 0. The summed E-state index contributed by atoms with van der Waals surface area (Å²) < 4.78 is 31.6. The third-order valence-corrected chi connectivity index (χ3v) is 8.68. The molecule has 6 nitrogen and oxygen atoms in total. The number of carbonyl (C=O) groups excluding carboxylic acids is 1. The minimum absolute atomic E-state index is 0.195. The van der Waals surface area contributed by atoms with Crippen LogP contribution in [-0.4, -0.2) is 28.4 Å². The van der Waals surface area contributed by atoms with Crippen LogP contribution in [0.25, 0.3) is 0 Å². The Labute approximate surface area is 168 Å². The number of hydrogen-bond donors (Lipinski definition) is 3. The maximum absolute atomic E-state index is 12.2. The molecule has 3 fully saturated rings. The van der Waals surface area contributed by atoms with Gasteiger partial charge in [0.2, 0.25) is 0 Å². The highest BCUT2D eigenvalue weighted by Crippen LogP contribution is 2.66. The SMILES string of the molecule is CC(=O)[C@H]1CC[C@H]2[C@@H]3CCC4CCC(O)=C[C@]4(C)[C@H]3CC[C@]12C.O=S(=O)(O)O. The zero-order valence-corrected chi connectivity index (χ0v) is 17.9. The average Bonchev–Trinajstić information content (AvgIpc) is 2.89. The van der Waals surface area contributed by atoms with E-state index in [1.807, 2.05) is 6.92 Å². The van der Waals surface area contributed by atoms with E-state index in [-0.39, 0.29) is 10.8 Å². The van der Waals surface area contributed by atoms with Gasteiger partial charge in [0.15, 0.2) is 0 Å². The number of hydrogen-bond acceptors (Lipinski definition) is 4. The molecular weight excluding hydrogens is 380 g/mol. The van der Waals surface area contributed by atoms with E-state index < -0.39 is 10.4 Å². The topological polar surface area (TPSA) is 112 Å². The van der Waals surface area contributed by atoms with Gasteiger partial charge in [-0.2, -0.15) is 8.42 Å². The molecule has 7 atom stereocenters. The molecule has 0 radical (unpaired) electrons. The summed E-state index contributed by atoms with van der Waals surface area (Å²) in [6.07, 6.45) is 11.8. The van der Waals surface area contributed by atoms with Crippen molar-refractivity contribution in [1.82, 2.24) is 0 Å². The van der Waals surface area contributed by atoms with E-state index in [2.05, 4.69) is 19.9 Å². The van der Waals surface area contributed by atoms with Crippen molar-refractivity contribution in [3.05, 3.63) is 11.8 Å². The molecule has 0 heterocycles. The van der Waals surface area contributed by atoms with Crippen molar-refractivity contribution >= 4 is 16.2 Å². The van der Waals surface area contributed by atoms with Gasteiger partial charge >= 0.3 is 10.4 Å². The predicted molar refractivity (Wildman–Crippen MR) is 106 cm³/mol. The lowest BCUT2D eigenvalue weighted by Gasteiger charge is -2.59. The van der Waals surface area contributed by atoms with E-state index in [1.54, 1.807) is 0 Å². The van der Waals surface area contributed by atoms with Crippen LogP contribution in [0.1, 0.15) is 72.1 Å². The molecule has 3 N–H and O–H groups in total. The van der Waals surface area contributed by atoms with Crippen LogP contribution in [0.3, 0.4) is 0 Å². The van der Waals surface area contributed by atoms with E-state index in [0.717, 1.165) is 30.6 Å². The molecule has 160 valence electrons. The van der Waals surface area contributed by atoms with Gasteiger partial charge in [-0.1, -0.05) is 13.8 Å². The Morgan fingerprint density at radius 3 is 2.29 bits per heavy atom. The molecule has 7 heteroatoms. The molecule has 3 saturated carbocycles. The van der Waals surface area contributed by atoms with Gasteiger partial charge < -0.3 is 5.11 Å². The Morgan fingerprint density at radius 2 is 1.68 bits per heavy atom. The van der Waals surface area contributed by atoms with Crippen molar-refractivity contribution in [2.24, 2.45) is 40.4 Å². The van der Waals surface area contributed by atoms with Crippen molar-refractivity contribution < 1.29 is 27.4 Å². The molecule has 0 aromatic heterocycles. The second-order valence-electron chi connectivity index (χ2n) is 9.92. The lowest BCUT2D eigenvalue weighted by molar-refractivity contribution is -0.129. The molecule has 0 aromatic carbocycles. The first-order valence-corrected chi connectivity index (χ1v) is 11.9. The van der Waals surface area contributed by atoms with E-state index in [1.165, 1.54) is 38.5 Å². The zero-order chi connectivity index (χ0) is 20.9. The van der Waals surface area contributed by atoms with Crippen LogP contribution in [0, 0.1) is 40.4 Å². The van der Waals surface area contributed by atoms with Gasteiger partial charge in [0.05, 0.1) is 5.76 Å². The van der Waals surface area contributed by atoms with Gasteiger partial charge in [0.25, 0.3) is 0 Å². The van der Waals surface area contributed by atoms with E-state index in [4.69, 9.17) is 17.5 Å². The van der Waals surface area contributed by atoms with Crippen molar-refractivity contribution in [2.45, 2.75) is 72.1 Å². The maximum atomic E-state index is 12.2. The third-order valence-electron chi connectivity index (χ3n) is 8.68. The van der Waals surface area contributed by atoms with Crippen LogP contribution in [0.2, 0.25) is 0 Å². The molecule has 0 amide bonds. The smallest absolute Gasteiger partial charge is 0.394 e. The van der Waals surface area contributed by atoms with Gasteiger partial charge in [-0.25, -0.2) is 0 Å². The summed E-state index contributed by atoms with van der Waals surface area (Å²) in [7, 11) is -4.67. The van der Waals surface area contributed by atoms with Crippen LogP contribution in [0.4, 0.5) is 0 Å². The largest absolute Gasteiger partial charge is 0.513 e. The minimum Gasteiger partial charge on any atom is -0.513 e. The van der Waals surface area contributed by atoms with Crippen LogP contribution in [-0.2, 0) is 15.2 Å². The molecule has 0 saturated heterocycles. The van der Waals surface area contributed by atoms with Gasteiger partial charge in [-0.3, -0.25) is 13.9 Å². The fourth-order valence-corrected chi connectivity index (χ4v) is 7.57. The fraction of sp³-hybridized carbons (Fsp3) is 0.857. The molecule has 28 heavy (non-hydrogen) atoms. The Kier molecular flexibility index (Phi) is 5.76. The molecule has 4 aliphatic rings. The van der Waals surface area contributed by atoms with E-state index >= 15 is 0 Å². The highest BCUT2D eigenvalue weighted by molar-refractivity contribution is 7.79. The van der Waals surface area contributed by atoms with Crippen LogP contribution in [0.15, 0.2) is 11.8 Å². The summed E-state index contributed by atoms with van der Waals surface area (Å²) in [5.41, 5.74) is 0.442. The Balaban J connectivity index is 0.000000403. The van der Waals surface area contributed by atoms with Gasteiger partial charge in [-0.15, -0.1) is 0 Å². The van der Waals surface area contributed by atoms with Crippen LogP contribution >= 0.6 is 0 Å². The Bertz CT molecular complexity index is 751. The first kappa shape index (κ1) is 21.8. The molecule has 1 unspecified atom stereocenters. The van der Waals surface area contributed by atoms with Crippen LogP contribution < -0.4 is 0 Å². The molecule has 0 bridgehead atoms. The lowest BCUT2D eigenvalue weighted by Crippen LogP contribution is -2.52. The minimum atomic E-state index is -4.67. The average molecular weight is 415 g/mol. The number of ketones is 1. The highest BCUT2D eigenvalue weighted by Gasteiger charge is 2.60. The third kappa shape index (κ3) is 3.90. The number of aliphatic hydroxyl groups excluding tert-OH is 1. The fourth-order valence-electron chi connectivity index (χ4n) is 7.57. The summed E-state index contributed by atoms with van der Waals surface area (Å²) in [5, 5.41) is 10.2. The molecule has 0 spiro atoms. The maximum Gasteiger partial charge on any atom is 0.394 e. The molecule has 0 aliphatic heterocycles. The summed E-state index contributed by atoms with van der Waals surface area (Å²) in [6.45, 7) is 6.64. The Hall–Kier alpha value is -0.920. The summed E-state index contributed by atoms with van der Waals surface area (Å²) in [5.74, 6) is 4.32. The highest BCUT2D eigenvalue weighted by atomic mass is 32.3. The Morgan fingerprint density at radius 1 is 1.04 bits per heavy atom.